The van der Waals surface area contributed by atoms with Gasteiger partial charge in [0.1, 0.15) is 11.6 Å². The summed E-state index contributed by atoms with van der Waals surface area (Å²) < 4.78 is 2.10. The molecule has 0 aliphatic heterocycles. The molecule has 0 spiro atoms. The Bertz CT molecular complexity index is 613. The topological polar surface area (TPSA) is 46.8 Å². The van der Waals surface area contributed by atoms with Crippen molar-refractivity contribution in [1.29, 1.82) is 0 Å². The first-order valence-electron chi connectivity index (χ1n) is 9.18. The summed E-state index contributed by atoms with van der Waals surface area (Å²) in [5.41, 5.74) is 1.20. The standard InChI is InChI=1S/C19H29N5/c1-23(11-6-9-18-20-10-12-24(18)2)15-16-13-21-19(22-14-16)17-7-4-3-5-8-17/h10,12-14,17H,3-9,11,15H2,1-2H3. The van der Waals surface area contributed by atoms with Gasteiger partial charge in [0.05, 0.1) is 0 Å². The van der Waals surface area contributed by atoms with E-state index in [2.05, 4.69) is 38.5 Å². The molecule has 130 valence electrons. The first-order chi connectivity index (χ1) is 11.7. The second kappa shape index (κ2) is 8.38. The van der Waals surface area contributed by atoms with E-state index in [-0.39, 0.29) is 0 Å². The summed E-state index contributed by atoms with van der Waals surface area (Å²) in [6.45, 7) is 1.96. The van der Waals surface area contributed by atoms with E-state index in [9.17, 15) is 0 Å². The Morgan fingerprint density at radius 1 is 1.12 bits per heavy atom. The summed E-state index contributed by atoms with van der Waals surface area (Å²) in [6.07, 6.45) is 16.6. The van der Waals surface area contributed by atoms with Crippen LogP contribution in [0.25, 0.3) is 0 Å². The highest BCUT2D eigenvalue weighted by molar-refractivity contribution is 5.08. The van der Waals surface area contributed by atoms with Crippen LogP contribution in [0.3, 0.4) is 0 Å². The summed E-state index contributed by atoms with van der Waals surface area (Å²) in [5.74, 6) is 2.79. The van der Waals surface area contributed by atoms with Crippen molar-refractivity contribution in [1.82, 2.24) is 24.4 Å². The van der Waals surface area contributed by atoms with Gasteiger partial charge in [-0.25, -0.2) is 15.0 Å². The Balaban J connectivity index is 1.44. The SMILES string of the molecule is CN(CCCc1nccn1C)Cc1cnc(C2CCCCC2)nc1. The van der Waals surface area contributed by atoms with Crippen LogP contribution < -0.4 is 0 Å². The van der Waals surface area contributed by atoms with Gasteiger partial charge in [-0.15, -0.1) is 0 Å². The molecule has 24 heavy (non-hydrogen) atoms. The molecule has 0 bridgehead atoms. The van der Waals surface area contributed by atoms with Gasteiger partial charge < -0.3 is 9.47 Å². The van der Waals surface area contributed by atoms with Crippen LogP contribution in [-0.2, 0) is 20.0 Å². The molecule has 5 nitrogen and oxygen atoms in total. The molecule has 2 aromatic rings. The molecule has 0 amide bonds. The van der Waals surface area contributed by atoms with Crippen molar-refractivity contribution in [2.24, 2.45) is 7.05 Å². The average Bonchev–Trinajstić information content (AvgIpc) is 3.01. The minimum atomic E-state index is 0.586. The zero-order valence-corrected chi connectivity index (χ0v) is 15.0. The maximum absolute atomic E-state index is 4.64. The predicted molar refractivity (Wildman–Crippen MR) is 95.7 cm³/mol. The highest BCUT2D eigenvalue weighted by Crippen LogP contribution is 2.30. The molecule has 3 rings (SSSR count). The lowest BCUT2D eigenvalue weighted by atomic mass is 9.89. The van der Waals surface area contributed by atoms with E-state index in [1.165, 1.54) is 37.7 Å². The quantitative estimate of drug-likeness (QED) is 0.782. The lowest BCUT2D eigenvalue weighted by molar-refractivity contribution is 0.319. The monoisotopic (exact) mass is 327 g/mol. The van der Waals surface area contributed by atoms with Gasteiger partial charge in [-0.05, 0) is 32.9 Å². The maximum Gasteiger partial charge on any atom is 0.131 e. The molecule has 2 heterocycles. The number of aromatic nitrogens is 4. The third-order valence-electron chi connectivity index (χ3n) is 5.01. The Kier molecular flexibility index (Phi) is 5.96. The van der Waals surface area contributed by atoms with Crippen LogP contribution in [0.5, 0.6) is 0 Å². The second-order valence-electron chi connectivity index (χ2n) is 7.08. The van der Waals surface area contributed by atoms with Crippen molar-refractivity contribution in [3.63, 3.8) is 0 Å². The molecule has 0 N–H and O–H groups in total. The maximum atomic E-state index is 4.64. The summed E-state index contributed by atoms with van der Waals surface area (Å²) in [4.78, 5) is 16.0. The van der Waals surface area contributed by atoms with Crippen LogP contribution in [0.4, 0.5) is 0 Å². The van der Waals surface area contributed by atoms with E-state index >= 15 is 0 Å². The third kappa shape index (κ3) is 4.63. The van der Waals surface area contributed by atoms with Gasteiger partial charge in [-0.1, -0.05) is 19.3 Å². The first-order valence-corrected chi connectivity index (χ1v) is 9.18. The van der Waals surface area contributed by atoms with E-state index in [4.69, 9.17) is 0 Å². The lowest BCUT2D eigenvalue weighted by Crippen LogP contribution is -2.20. The molecule has 1 fully saturated rings. The molecule has 1 aliphatic rings. The molecular formula is C19H29N5. The Morgan fingerprint density at radius 2 is 1.88 bits per heavy atom. The van der Waals surface area contributed by atoms with Crippen molar-refractivity contribution >= 4 is 0 Å². The molecular weight excluding hydrogens is 298 g/mol. The highest BCUT2D eigenvalue weighted by Gasteiger charge is 2.17. The van der Waals surface area contributed by atoms with Crippen molar-refractivity contribution in [2.45, 2.75) is 57.4 Å². The number of hydrogen-bond acceptors (Lipinski definition) is 4. The summed E-state index contributed by atoms with van der Waals surface area (Å²) >= 11 is 0. The molecule has 0 atom stereocenters. The smallest absolute Gasteiger partial charge is 0.131 e. The van der Waals surface area contributed by atoms with E-state index in [0.717, 1.165) is 37.6 Å². The van der Waals surface area contributed by atoms with Crippen LogP contribution >= 0.6 is 0 Å². The number of imidazole rings is 1. The fourth-order valence-corrected chi connectivity index (χ4v) is 3.55. The van der Waals surface area contributed by atoms with Crippen LogP contribution in [0.1, 0.15) is 61.7 Å². The van der Waals surface area contributed by atoms with Crippen LogP contribution in [0.15, 0.2) is 24.8 Å². The van der Waals surface area contributed by atoms with Crippen LogP contribution in [0.2, 0.25) is 0 Å². The predicted octanol–water partition coefficient (Wildman–Crippen LogP) is 3.32. The second-order valence-corrected chi connectivity index (χ2v) is 7.08. The number of rotatable bonds is 7. The minimum Gasteiger partial charge on any atom is -0.338 e. The molecule has 0 radical (unpaired) electrons. The molecule has 1 saturated carbocycles. The number of nitrogens with zero attached hydrogens (tertiary/aromatic N) is 5. The van der Waals surface area contributed by atoms with Gasteiger partial charge in [0.2, 0.25) is 0 Å². The lowest BCUT2D eigenvalue weighted by Gasteiger charge is -2.20. The first kappa shape index (κ1) is 17.1. The summed E-state index contributed by atoms with van der Waals surface area (Å²) in [7, 11) is 4.21. The van der Waals surface area contributed by atoms with E-state index < -0.39 is 0 Å². The van der Waals surface area contributed by atoms with Gasteiger partial charge in [0, 0.05) is 56.3 Å². The van der Waals surface area contributed by atoms with Crippen molar-refractivity contribution < 1.29 is 0 Å². The van der Waals surface area contributed by atoms with Crippen LogP contribution in [-0.4, -0.2) is 38.0 Å². The fraction of sp³-hybridized carbons (Fsp3) is 0.632. The normalized spacial score (nSPS) is 16.0. The largest absolute Gasteiger partial charge is 0.338 e. The Morgan fingerprint density at radius 3 is 2.54 bits per heavy atom. The van der Waals surface area contributed by atoms with Crippen molar-refractivity contribution in [2.75, 3.05) is 13.6 Å². The van der Waals surface area contributed by atoms with Gasteiger partial charge in [-0.2, -0.15) is 0 Å². The fourth-order valence-electron chi connectivity index (χ4n) is 3.55. The molecule has 2 aromatic heterocycles. The molecule has 1 aliphatic carbocycles. The molecule has 0 unspecified atom stereocenters. The van der Waals surface area contributed by atoms with Gasteiger partial charge in [0.15, 0.2) is 0 Å². The van der Waals surface area contributed by atoms with Crippen molar-refractivity contribution in [3.05, 3.63) is 42.0 Å². The van der Waals surface area contributed by atoms with Crippen molar-refractivity contribution in [3.8, 4) is 0 Å². The minimum absolute atomic E-state index is 0.586. The molecule has 0 aromatic carbocycles. The van der Waals surface area contributed by atoms with E-state index in [1.54, 1.807) is 0 Å². The summed E-state index contributed by atoms with van der Waals surface area (Å²) in [6, 6.07) is 0. The summed E-state index contributed by atoms with van der Waals surface area (Å²) in [5, 5.41) is 0. The van der Waals surface area contributed by atoms with E-state index in [0.29, 0.717) is 5.92 Å². The Hall–Kier alpha value is -1.75. The highest BCUT2D eigenvalue weighted by atomic mass is 15.1. The average molecular weight is 327 g/mol. The number of hydrogen-bond donors (Lipinski definition) is 0. The Labute approximate surface area is 145 Å². The van der Waals surface area contributed by atoms with Crippen LogP contribution in [0, 0.1) is 0 Å². The number of aryl methyl sites for hydroxylation is 2. The van der Waals surface area contributed by atoms with Gasteiger partial charge >= 0.3 is 0 Å². The molecule has 0 saturated heterocycles. The zero-order valence-electron chi connectivity index (χ0n) is 15.0. The van der Waals surface area contributed by atoms with E-state index in [1.807, 2.05) is 24.8 Å². The zero-order chi connectivity index (χ0) is 16.8. The van der Waals surface area contributed by atoms with Gasteiger partial charge in [0.25, 0.3) is 0 Å². The molecule has 5 heteroatoms. The third-order valence-corrected chi connectivity index (χ3v) is 5.01. The van der Waals surface area contributed by atoms with Gasteiger partial charge in [-0.3, -0.25) is 0 Å².